The molecule has 1 atom stereocenters. The van der Waals surface area contributed by atoms with E-state index in [1.54, 1.807) is 0 Å². The number of hydrogen-bond acceptors (Lipinski definition) is 2. The number of rotatable bonds is 4. The molecule has 3 aromatic rings. The lowest BCUT2D eigenvalue weighted by atomic mass is 10.1. The highest BCUT2D eigenvalue weighted by atomic mass is 16.5. The number of fused-ring (bicyclic) bond motifs is 1. The highest BCUT2D eigenvalue weighted by Crippen LogP contribution is 2.28. The molecule has 0 heterocycles. The molecule has 106 valence electrons. The Hall–Kier alpha value is -2.32. The molecule has 1 unspecified atom stereocenters. The molecule has 2 nitrogen and oxygen atoms in total. The maximum absolute atomic E-state index is 6.06. The SMILES string of the molecule is CC(N)Cc1ccccc1Oc1ccc2ccccc2c1. The molecule has 0 aliphatic heterocycles. The quantitative estimate of drug-likeness (QED) is 0.761. The Bertz CT molecular complexity index is 749. The summed E-state index contributed by atoms with van der Waals surface area (Å²) < 4.78 is 6.06. The topological polar surface area (TPSA) is 35.2 Å². The van der Waals surface area contributed by atoms with Crippen LogP contribution in [0.3, 0.4) is 0 Å². The second-order valence-electron chi connectivity index (χ2n) is 5.40. The highest BCUT2D eigenvalue weighted by Gasteiger charge is 2.07. The minimum atomic E-state index is 0.117. The average Bonchev–Trinajstić information content (AvgIpc) is 2.49. The summed E-state index contributed by atoms with van der Waals surface area (Å²) in [7, 11) is 0. The molecule has 0 spiro atoms. The standard InChI is InChI=1S/C19H19NO/c1-14(20)12-17-8-4-5-9-19(17)21-18-11-10-15-6-2-3-7-16(15)13-18/h2-11,13-14H,12,20H2,1H3. The molecule has 0 aliphatic rings. The van der Waals surface area contributed by atoms with Crippen molar-refractivity contribution in [2.75, 3.05) is 0 Å². The second kappa shape index (κ2) is 5.98. The van der Waals surface area contributed by atoms with Crippen LogP contribution >= 0.6 is 0 Å². The van der Waals surface area contributed by atoms with Crippen molar-refractivity contribution in [3.8, 4) is 11.5 Å². The maximum Gasteiger partial charge on any atom is 0.130 e. The Morgan fingerprint density at radius 3 is 2.43 bits per heavy atom. The molecular formula is C19H19NO. The molecular weight excluding hydrogens is 258 g/mol. The Labute approximate surface area is 125 Å². The number of benzene rings is 3. The summed E-state index contributed by atoms with van der Waals surface area (Å²) in [5.74, 6) is 1.73. The molecule has 3 aromatic carbocycles. The summed E-state index contributed by atoms with van der Waals surface area (Å²) in [5, 5.41) is 2.40. The lowest BCUT2D eigenvalue weighted by Crippen LogP contribution is -2.18. The zero-order valence-corrected chi connectivity index (χ0v) is 12.1. The fraction of sp³-hybridized carbons (Fsp3) is 0.158. The molecule has 2 heteroatoms. The van der Waals surface area contributed by atoms with Gasteiger partial charge in [-0.2, -0.15) is 0 Å². The Morgan fingerprint density at radius 2 is 1.62 bits per heavy atom. The summed E-state index contributed by atoms with van der Waals surface area (Å²) >= 11 is 0. The molecule has 0 fully saturated rings. The van der Waals surface area contributed by atoms with Crippen LogP contribution in [-0.4, -0.2) is 6.04 Å². The third-order valence-electron chi connectivity index (χ3n) is 3.46. The van der Waals surface area contributed by atoms with Crippen molar-refractivity contribution in [3.63, 3.8) is 0 Å². The summed E-state index contributed by atoms with van der Waals surface area (Å²) in [5.41, 5.74) is 7.05. The van der Waals surface area contributed by atoms with E-state index >= 15 is 0 Å². The monoisotopic (exact) mass is 277 g/mol. The van der Waals surface area contributed by atoms with Gasteiger partial charge in [-0.1, -0.05) is 48.5 Å². The van der Waals surface area contributed by atoms with E-state index in [1.165, 1.54) is 10.8 Å². The predicted molar refractivity (Wildman–Crippen MR) is 87.8 cm³/mol. The Kier molecular flexibility index (Phi) is 3.89. The van der Waals surface area contributed by atoms with Crippen LogP contribution in [0.15, 0.2) is 66.7 Å². The van der Waals surface area contributed by atoms with E-state index in [9.17, 15) is 0 Å². The van der Waals surface area contributed by atoms with Crippen LogP contribution in [0.1, 0.15) is 12.5 Å². The maximum atomic E-state index is 6.06. The Morgan fingerprint density at radius 1 is 0.905 bits per heavy atom. The van der Waals surface area contributed by atoms with Crippen LogP contribution in [0, 0.1) is 0 Å². The largest absolute Gasteiger partial charge is 0.457 e. The van der Waals surface area contributed by atoms with Gasteiger partial charge in [0.1, 0.15) is 11.5 Å². The van der Waals surface area contributed by atoms with Crippen molar-refractivity contribution in [2.45, 2.75) is 19.4 Å². The zero-order valence-electron chi connectivity index (χ0n) is 12.1. The van der Waals surface area contributed by atoms with Gasteiger partial charge in [0.25, 0.3) is 0 Å². The summed E-state index contributed by atoms with van der Waals surface area (Å²) in [4.78, 5) is 0. The van der Waals surface area contributed by atoms with Crippen LogP contribution in [0.4, 0.5) is 0 Å². The van der Waals surface area contributed by atoms with Crippen molar-refractivity contribution in [2.24, 2.45) is 5.73 Å². The van der Waals surface area contributed by atoms with Gasteiger partial charge in [-0.3, -0.25) is 0 Å². The molecule has 0 aliphatic carbocycles. The van der Waals surface area contributed by atoms with E-state index in [1.807, 2.05) is 43.3 Å². The lowest BCUT2D eigenvalue weighted by molar-refractivity contribution is 0.474. The summed E-state index contributed by atoms with van der Waals surface area (Å²) in [6, 6.07) is 22.6. The van der Waals surface area contributed by atoms with Gasteiger partial charge in [0.2, 0.25) is 0 Å². The summed E-state index contributed by atoms with van der Waals surface area (Å²) in [6.45, 7) is 2.01. The molecule has 0 saturated heterocycles. The summed E-state index contributed by atoms with van der Waals surface area (Å²) in [6.07, 6.45) is 0.809. The van der Waals surface area contributed by atoms with Crippen LogP contribution in [0.25, 0.3) is 10.8 Å². The van der Waals surface area contributed by atoms with Crippen molar-refractivity contribution in [3.05, 3.63) is 72.3 Å². The number of para-hydroxylation sites is 1. The molecule has 0 saturated carbocycles. The third kappa shape index (κ3) is 3.23. The van der Waals surface area contributed by atoms with Gasteiger partial charge in [0, 0.05) is 6.04 Å². The van der Waals surface area contributed by atoms with Gasteiger partial charge in [0.15, 0.2) is 0 Å². The van der Waals surface area contributed by atoms with Crippen LogP contribution < -0.4 is 10.5 Å². The predicted octanol–water partition coefficient (Wildman–Crippen LogP) is 4.52. The van der Waals surface area contributed by atoms with Gasteiger partial charge >= 0.3 is 0 Å². The lowest BCUT2D eigenvalue weighted by Gasteiger charge is -2.13. The van der Waals surface area contributed by atoms with Crippen LogP contribution in [-0.2, 0) is 6.42 Å². The number of hydrogen-bond donors (Lipinski definition) is 1. The molecule has 2 N–H and O–H groups in total. The van der Waals surface area contributed by atoms with E-state index in [0.29, 0.717) is 0 Å². The van der Waals surface area contributed by atoms with Gasteiger partial charge in [-0.05, 0) is 47.9 Å². The van der Waals surface area contributed by atoms with E-state index < -0.39 is 0 Å². The van der Waals surface area contributed by atoms with Crippen molar-refractivity contribution in [1.29, 1.82) is 0 Å². The van der Waals surface area contributed by atoms with E-state index in [4.69, 9.17) is 10.5 Å². The number of nitrogens with two attached hydrogens (primary N) is 1. The molecule has 21 heavy (non-hydrogen) atoms. The van der Waals surface area contributed by atoms with E-state index in [0.717, 1.165) is 23.5 Å². The van der Waals surface area contributed by atoms with Crippen molar-refractivity contribution >= 4 is 10.8 Å². The Balaban J connectivity index is 1.91. The smallest absolute Gasteiger partial charge is 0.130 e. The van der Waals surface area contributed by atoms with Gasteiger partial charge in [0.05, 0.1) is 0 Å². The van der Waals surface area contributed by atoms with E-state index in [-0.39, 0.29) is 6.04 Å². The first-order valence-electron chi connectivity index (χ1n) is 7.22. The first-order chi connectivity index (χ1) is 10.2. The highest BCUT2D eigenvalue weighted by molar-refractivity contribution is 5.83. The van der Waals surface area contributed by atoms with E-state index in [2.05, 4.69) is 30.3 Å². The first kappa shape index (κ1) is 13.7. The second-order valence-corrected chi connectivity index (χ2v) is 5.40. The first-order valence-corrected chi connectivity index (χ1v) is 7.22. The minimum absolute atomic E-state index is 0.117. The molecule has 0 aromatic heterocycles. The van der Waals surface area contributed by atoms with Crippen molar-refractivity contribution in [1.82, 2.24) is 0 Å². The average molecular weight is 277 g/mol. The van der Waals surface area contributed by atoms with Gasteiger partial charge < -0.3 is 10.5 Å². The fourth-order valence-corrected chi connectivity index (χ4v) is 2.48. The molecule has 0 radical (unpaired) electrons. The van der Waals surface area contributed by atoms with Crippen LogP contribution in [0.5, 0.6) is 11.5 Å². The van der Waals surface area contributed by atoms with Crippen LogP contribution in [0.2, 0.25) is 0 Å². The number of ether oxygens (including phenoxy) is 1. The molecule has 0 amide bonds. The zero-order chi connectivity index (χ0) is 14.7. The molecule has 0 bridgehead atoms. The molecule has 3 rings (SSSR count). The van der Waals surface area contributed by atoms with Gasteiger partial charge in [-0.25, -0.2) is 0 Å². The van der Waals surface area contributed by atoms with Gasteiger partial charge in [-0.15, -0.1) is 0 Å². The third-order valence-corrected chi connectivity index (χ3v) is 3.46. The minimum Gasteiger partial charge on any atom is -0.457 e. The normalized spacial score (nSPS) is 12.3. The van der Waals surface area contributed by atoms with Crippen molar-refractivity contribution < 1.29 is 4.74 Å². The fourth-order valence-electron chi connectivity index (χ4n) is 2.48.